The van der Waals surface area contributed by atoms with Crippen LogP contribution in [-0.4, -0.2) is 59.2 Å². The minimum atomic E-state index is -0.585. The highest BCUT2D eigenvalue weighted by Crippen LogP contribution is 2.35. The molecule has 2 fully saturated rings. The Bertz CT molecular complexity index is 865. The standard InChI is InChI=1S/C20H21N3O4/c1-15(24)23-12-18(25)22(16-6-3-2-4-7-16)14-20(23)9-10-21(13-20)19(26)17-8-5-11-27-17/h2-8,11H,9-10,12-14H2,1H3/t20-/m1/s1. The van der Waals surface area contributed by atoms with Crippen LogP contribution in [0.25, 0.3) is 0 Å². The lowest BCUT2D eigenvalue weighted by atomic mass is 9.91. The Kier molecular flexibility index (Phi) is 4.22. The second kappa shape index (κ2) is 6.57. The molecule has 0 aliphatic carbocycles. The Hall–Kier alpha value is -3.09. The topological polar surface area (TPSA) is 74.1 Å². The summed E-state index contributed by atoms with van der Waals surface area (Å²) in [5.41, 5.74) is 0.221. The summed E-state index contributed by atoms with van der Waals surface area (Å²) in [7, 11) is 0. The molecule has 0 bridgehead atoms. The quantitative estimate of drug-likeness (QED) is 0.811. The van der Waals surface area contributed by atoms with E-state index in [4.69, 9.17) is 4.42 Å². The molecular formula is C20H21N3O4. The number of likely N-dealkylation sites (tertiary alicyclic amines) is 1. The maximum Gasteiger partial charge on any atom is 0.289 e. The molecule has 140 valence electrons. The van der Waals surface area contributed by atoms with Gasteiger partial charge in [-0.2, -0.15) is 0 Å². The zero-order valence-corrected chi connectivity index (χ0v) is 15.1. The van der Waals surface area contributed by atoms with Crippen LogP contribution in [0.5, 0.6) is 0 Å². The van der Waals surface area contributed by atoms with Crippen LogP contribution < -0.4 is 4.90 Å². The van der Waals surface area contributed by atoms with Crippen LogP contribution in [0, 0.1) is 0 Å². The lowest BCUT2D eigenvalue weighted by molar-refractivity contribution is -0.142. The number of hydrogen-bond acceptors (Lipinski definition) is 4. The van der Waals surface area contributed by atoms with Crippen molar-refractivity contribution in [3.05, 3.63) is 54.5 Å². The van der Waals surface area contributed by atoms with Crippen molar-refractivity contribution < 1.29 is 18.8 Å². The van der Waals surface area contributed by atoms with Gasteiger partial charge in [-0.1, -0.05) is 18.2 Å². The van der Waals surface area contributed by atoms with Crippen molar-refractivity contribution in [3.8, 4) is 0 Å². The molecule has 2 aromatic rings. The molecule has 7 heteroatoms. The van der Waals surface area contributed by atoms with Gasteiger partial charge in [-0.15, -0.1) is 0 Å². The van der Waals surface area contributed by atoms with Crippen LogP contribution in [0.1, 0.15) is 23.9 Å². The Morgan fingerprint density at radius 1 is 1.07 bits per heavy atom. The predicted molar refractivity (Wildman–Crippen MR) is 98.1 cm³/mol. The molecule has 3 amide bonds. The van der Waals surface area contributed by atoms with Crippen LogP contribution in [0.4, 0.5) is 5.69 Å². The van der Waals surface area contributed by atoms with Gasteiger partial charge in [-0.05, 0) is 30.7 Å². The maximum atomic E-state index is 12.7. The highest BCUT2D eigenvalue weighted by molar-refractivity contribution is 5.98. The van der Waals surface area contributed by atoms with Crippen LogP contribution in [0.2, 0.25) is 0 Å². The molecule has 0 radical (unpaired) electrons. The van der Waals surface area contributed by atoms with Crippen LogP contribution >= 0.6 is 0 Å². The minimum Gasteiger partial charge on any atom is -0.459 e. The monoisotopic (exact) mass is 367 g/mol. The van der Waals surface area contributed by atoms with Crippen molar-refractivity contribution in [2.45, 2.75) is 18.9 Å². The Balaban J connectivity index is 1.63. The molecule has 2 aliphatic rings. The van der Waals surface area contributed by atoms with Gasteiger partial charge < -0.3 is 19.1 Å². The zero-order valence-electron chi connectivity index (χ0n) is 15.1. The van der Waals surface area contributed by atoms with E-state index in [0.29, 0.717) is 26.1 Å². The van der Waals surface area contributed by atoms with Gasteiger partial charge in [0.2, 0.25) is 11.8 Å². The van der Waals surface area contributed by atoms with E-state index in [9.17, 15) is 14.4 Å². The highest BCUT2D eigenvalue weighted by atomic mass is 16.3. The van der Waals surface area contributed by atoms with Gasteiger partial charge in [-0.25, -0.2) is 0 Å². The second-order valence-electron chi connectivity index (χ2n) is 7.10. The number of carbonyl (C=O) groups excluding carboxylic acids is 3. The number of piperazine rings is 1. The molecule has 2 saturated heterocycles. The number of para-hydroxylation sites is 1. The fourth-order valence-corrected chi connectivity index (χ4v) is 4.08. The molecule has 0 unspecified atom stereocenters. The average Bonchev–Trinajstić information content (AvgIpc) is 3.34. The molecule has 2 aliphatic heterocycles. The molecule has 7 nitrogen and oxygen atoms in total. The van der Waals surface area contributed by atoms with E-state index in [1.807, 2.05) is 30.3 Å². The van der Waals surface area contributed by atoms with E-state index in [2.05, 4.69) is 0 Å². The third-order valence-electron chi connectivity index (χ3n) is 5.42. The molecule has 1 aromatic carbocycles. The summed E-state index contributed by atoms with van der Waals surface area (Å²) in [5.74, 6) is -0.169. The van der Waals surface area contributed by atoms with Crippen molar-refractivity contribution >= 4 is 23.4 Å². The summed E-state index contributed by atoms with van der Waals surface area (Å²) in [6.07, 6.45) is 2.09. The van der Waals surface area contributed by atoms with Gasteiger partial charge in [0, 0.05) is 25.7 Å². The van der Waals surface area contributed by atoms with Crippen molar-refractivity contribution in [1.82, 2.24) is 9.80 Å². The van der Waals surface area contributed by atoms with Crippen molar-refractivity contribution in [1.29, 1.82) is 0 Å². The van der Waals surface area contributed by atoms with E-state index < -0.39 is 5.54 Å². The van der Waals surface area contributed by atoms with Gasteiger partial charge >= 0.3 is 0 Å². The number of anilines is 1. The first-order valence-corrected chi connectivity index (χ1v) is 8.97. The van der Waals surface area contributed by atoms with Crippen molar-refractivity contribution in [3.63, 3.8) is 0 Å². The first-order chi connectivity index (χ1) is 13.0. The largest absolute Gasteiger partial charge is 0.459 e. The van der Waals surface area contributed by atoms with Gasteiger partial charge in [0.15, 0.2) is 5.76 Å². The smallest absolute Gasteiger partial charge is 0.289 e. The molecule has 27 heavy (non-hydrogen) atoms. The zero-order chi connectivity index (χ0) is 19.0. The first kappa shape index (κ1) is 17.3. The first-order valence-electron chi connectivity index (χ1n) is 8.97. The summed E-state index contributed by atoms with van der Waals surface area (Å²) < 4.78 is 5.23. The predicted octanol–water partition coefficient (Wildman–Crippen LogP) is 1.76. The van der Waals surface area contributed by atoms with Gasteiger partial charge in [-0.3, -0.25) is 14.4 Å². The Labute approximate surface area is 157 Å². The van der Waals surface area contributed by atoms with Crippen molar-refractivity contribution in [2.24, 2.45) is 0 Å². The summed E-state index contributed by atoms with van der Waals surface area (Å²) in [5, 5.41) is 0. The molecule has 1 aromatic heterocycles. The molecule has 0 N–H and O–H groups in total. The van der Waals surface area contributed by atoms with E-state index in [-0.39, 0.29) is 30.0 Å². The van der Waals surface area contributed by atoms with E-state index >= 15 is 0 Å². The lowest BCUT2D eigenvalue weighted by Gasteiger charge is -2.48. The molecular weight excluding hydrogens is 346 g/mol. The molecule has 1 spiro atoms. The molecule has 3 heterocycles. The number of furan rings is 1. The Morgan fingerprint density at radius 3 is 2.52 bits per heavy atom. The molecule has 1 atom stereocenters. The summed E-state index contributed by atoms with van der Waals surface area (Å²) in [6.45, 7) is 2.76. The number of benzene rings is 1. The number of rotatable bonds is 2. The number of nitrogens with zero attached hydrogens (tertiary/aromatic N) is 3. The summed E-state index contributed by atoms with van der Waals surface area (Å²) in [6, 6.07) is 12.7. The maximum absolute atomic E-state index is 12.7. The molecule has 0 saturated carbocycles. The van der Waals surface area contributed by atoms with Crippen molar-refractivity contribution in [2.75, 3.05) is 31.1 Å². The lowest BCUT2D eigenvalue weighted by Crippen LogP contribution is -2.67. The number of amides is 3. The Morgan fingerprint density at radius 2 is 1.85 bits per heavy atom. The fourth-order valence-electron chi connectivity index (χ4n) is 4.08. The third kappa shape index (κ3) is 2.99. The van der Waals surface area contributed by atoms with Crippen LogP contribution in [-0.2, 0) is 9.59 Å². The van der Waals surface area contributed by atoms with E-state index in [1.54, 1.807) is 26.8 Å². The fraction of sp³-hybridized carbons (Fsp3) is 0.350. The van der Waals surface area contributed by atoms with E-state index in [0.717, 1.165) is 5.69 Å². The average molecular weight is 367 g/mol. The number of carbonyl (C=O) groups is 3. The minimum absolute atomic E-state index is 0.0208. The SMILES string of the molecule is CC(=O)N1CC(=O)N(c2ccccc2)C[C@]12CCN(C(=O)c1ccco1)C2. The summed E-state index contributed by atoms with van der Waals surface area (Å²) >= 11 is 0. The van der Waals surface area contributed by atoms with E-state index in [1.165, 1.54) is 13.2 Å². The summed E-state index contributed by atoms with van der Waals surface area (Å²) in [4.78, 5) is 42.7. The van der Waals surface area contributed by atoms with Crippen LogP contribution in [0.3, 0.4) is 0 Å². The third-order valence-corrected chi connectivity index (χ3v) is 5.42. The normalized spacial score (nSPS) is 22.6. The van der Waals surface area contributed by atoms with Gasteiger partial charge in [0.05, 0.1) is 18.3 Å². The second-order valence-corrected chi connectivity index (χ2v) is 7.10. The van der Waals surface area contributed by atoms with Gasteiger partial charge in [0.25, 0.3) is 5.91 Å². The highest BCUT2D eigenvalue weighted by Gasteiger charge is 2.51. The van der Waals surface area contributed by atoms with Gasteiger partial charge in [0.1, 0.15) is 6.54 Å². The van der Waals surface area contributed by atoms with Crippen LogP contribution in [0.15, 0.2) is 53.1 Å². The molecule has 4 rings (SSSR count). The number of hydrogen-bond donors (Lipinski definition) is 0.